The summed E-state index contributed by atoms with van der Waals surface area (Å²) in [5.74, 6) is 0.273. The minimum Gasteiger partial charge on any atom is -0.508 e. The van der Waals surface area contributed by atoms with Crippen molar-refractivity contribution in [2.75, 3.05) is 33.4 Å². The number of aromatic hydroxyl groups is 1. The third kappa shape index (κ3) is 4.61. The van der Waals surface area contributed by atoms with Crippen molar-refractivity contribution in [3.8, 4) is 5.75 Å². The second-order valence-electron chi connectivity index (χ2n) is 3.66. The van der Waals surface area contributed by atoms with Gasteiger partial charge in [0.15, 0.2) is 0 Å². The summed E-state index contributed by atoms with van der Waals surface area (Å²) in [6.45, 7) is 2.96. The van der Waals surface area contributed by atoms with Gasteiger partial charge in [-0.15, -0.1) is 0 Å². The number of ether oxygens (including phenoxy) is 1. The first-order valence-corrected chi connectivity index (χ1v) is 5.36. The van der Waals surface area contributed by atoms with Crippen LogP contribution in [0.25, 0.3) is 0 Å². The maximum Gasteiger partial charge on any atom is 0.115 e. The highest BCUT2D eigenvalue weighted by molar-refractivity contribution is 5.25. The van der Waals surface area contributed by atoms with Gasteiger partial charge in [0.25, 0.3) is 0 Å². The molecule has 0 heterocycles. The minimum atomic E-state index is 0.141. The van der Waals surface area contributed by atoms with E-state index in [0.717, 1.165) is 18.7 Å². The first-order valence-electron chi connectivity index (χ1n) is 5.36. The number of rotatable bonds is 7. The SMILES string of the molecule is COCCN(CCO)Cc1ccc(O)cc1. The number of aliphatic hydroxyl groups is 1. The Kier molecular flexibility index (Phi) is 5.85. The molecule has 2 N–H and O–H groups in total. The van der Waals surface area contributed by atoms with Crippen molar-refractivity contribution < 1.29 is 14.9 Å². The molecule has 0 saturated heterocycles. The van der Waals surface area contributed by atoms with Crippen LogP contribution in [0.15, 0.2) is 24.3 Å². The lowest BCUT2D eigenvalue weighted by molar-refractivity contribution is 0.127. The van der Waals surface area contributed by atoms with Crippen molar-refractivity contribution in [2.24, 2.45) is 0 Å². The third-order valence-corrected chi connectivity index (χ3v) is 2.37. The Morgan fingerprint density at radius 1 is 1.19 bits per heavy atom. The molecule has 0 unspecified atom stereocenters. The van der Waals surface area contributed by atoms with Crippen LogP contribution in [0.2, 0.25) is 0 Å². The van der Waals surface area contributed by atoms with Crippen molar-refractivity contribution in [3.63, 3.8) is 0 Å². The van der Waals surface area contributed by atoms with E-state index >= 15 is 0 Å². The van der Waals surface area contributed by atoms with Gasteiger partial charge in [0.05, 0.1) is 13.2 Å². The van der Waals surface area contributed by atoms with Crippen molar-refractivity contribution in [1.82, 2.24) is 4.90 Å². The van der Waals surface area contributed by atoms with E-state index in [1.54, 1.807) is 19.2 Å². The van der Waals surface area contributed by atoms with Gasteiger partial charge in [-0.05, 0) is 17.7 Å². The number of phenols is 1. The summed E-state index contributed by atoms with van der Waals surface area (Å²) < 4.78 is 5.01. The van der Waals surface area contributed by atoms with E-state index in [1.807, 2.05) is 12.1 Å². The quantitative estimate of drug-likeness (QED) is 0.722. The molecule has 1 rings (SSSR count). The second kappa shape index (κ2) is 7.22. The molecular weight excluding hydrogens is 206 g/mol. The Bertz CT molecular complexity index is 287. The maximum atomic E-state index is 9.16. The summed E-state index contributed by atoms with van der Waals surface area (Å²) in [4.78, 5) is 2.11. The predicted octanol–water partition coefficient (Wildman–Crippen LogP) is 0.833. The van der Waals surface area contributed by atoms with Crippen LogP contribution in [0.1, 0.15) is 5.56 Å². The Morgan fingerprint density at radius 3 is 2.44 bits per heavy atom. The Balaban J connectivity index is 2.49. The lowest BCUT2D eigenvalue weighted by Gasteiger charge is -2.20. The molecule has 0 aliphatic carbocycles. The van der Waals surface area contributed by atoms with Gasteiger partial charge in [0.2, 0.25) is 0 Å². The van der Waals surface area contributed by atoms with Crippen LogP contribution in [-0.4, -0.2) is 48.5 Å². The molecule has 0 atom stereocenters. The van der Waals surface area contributed by atoms with E-state index < -0.39 is 0 Å². The van der Waals surface area contributed by atoms with Gasteiger partial charge in [-0.1, -0.05) is 12.1 Å². The van der Waals surface area contributed by atoms with Crippen molar-refractivity contribution in [2.45, 2.75) is 6.54 Å². The Morgan fingerprint density at radius 2 is 1.88 bits per heavy atom. The first-order chi connectivity index (χ1) is 7.76. The molecule has 0 saturated carbocycles. The smallest absolute Gasteiger partial charge is 0.115 e. The Hall–Kier alpha value is -1.10. The fraction of sp³-hybridized carbons (Fsp3) is 0.500. The largest absolute Gasteiger partial charge is 0.508 e. The average Bonchev–Trinajstić information content (AvgIpc) is 2.29. The zero-order valence-electron chi connectivity index (χ0n) is 9.59. The number of aliphatic hydroxyl groups excluding tert-OH is 1. The fourth-order valence-corrected chi connectivity index (χ4v) is 1.49. The molecular formula is C12H19NO3. The molecule has 4 heteroatoms. The van der Waals surface area contributed by atoms with Gasteiger partial charge in [0, 0.05) is 26.7 Å². The zero-order valence-corrected chi connectivity index (χ0v) is 9.59. The molecule has 0 amide bonds. The first kappa shape index (κ1) is 13.0. The van der Waals surface area contributed by atoms with Crippen LogP contribution < -0.4 is 0 Å². The number of hydrogen-bond donors (Lipinski definition) is 2. The molecule has 0 fully saturated rings. The number of phenolic OH excluding ortho intramolecular Hbond substituents is 1. The van der Waals surface area contributed by atoms with Crippen LogP contribution in [0.5, 0.6) is 5.75 Å². The summed E-state index contributed by atoms with van der Waals surface area (Å²) in [6.07, 6.45) is 0. The van der Waals surface area contributed by atoms with E-state index in [4.69, 9.17) is 14.9 Å². The lowest BCUT2D eigenvalue weighted by Crippen LogP contribution is -2.29. The highest BCUT2D eigenvalue weighted by Gasteiger charge is 2.04. The molecule has 0 radical (unpaired) electrons. The van der Waals surface area contributed by atoms with E-state index in [-0.39, 0.29) is 12.4 Å². The molecule has 0 aliphatic heterocycles. The lowest BCUT2D eigenvalue weighted by atomic mass is 10.2. The zero-order chi connectivity index (χ0) is 11.8. The van der Waals surface area contributed by atoms with Crippen LogP contribution in [0.3, 0.4) is 0 Å². The standard InChI is InChI=1S/C12H19NO3/c1-16-9-7-13(6-8-14)10-11-2-4-12(15)5-3-11/h2-5,14-15H,6-10H2,1H3. The fourth-order valence-electron chi connectivity index (χ4n) is 1.49. The number of hydrogen-bond acceptors (Lipinski definition) is 4. The van der Waals surface area contributed by atoms with Gasteiger partial charge in [-0.3, -0.25) is 4.90 Å². The Labute approximate surface area is 96.1 Å². The van der Waals surface area contributed by atoms with Crippen LogP contribution in [0.4, 0.5) is 0 Å². The summed E-state index contributed by atoms with van der Waals surface area (Å²) in [6, 6.07) is 7.10. The second-order valence-corrected chi connectivity index (χ2v) is 3.66. The van der Waals surface area contributed by atoms with Crippen molar-refractivity contribution in [3.05, 3.63) is 29.8 Å². The molecule has 16 heavy (non-hydrogen) atoms. The topological polar surface area (TPSA) is 52.9 Å². The van der Waals surface area contributed by atoms with Gasteiger partial charge >= 0.3 is 0 Å². The van der Waals surface area contributed by atoms with Crippen LogP contribution in [-0.2, 0) is 11.3 Å². The molecule has 0 aliphatic rings. The van der Waals surface area contributed by atoms with E-state index in [9.17, 15) is 0 Å². The highest BCUT2D eigenvalue weighted by atomic mass is 16.5. The van der Waals surface area contributed by atoms with E-state index in [0.29, 0.717) is 13.2 Å². The molecule has 90 valence electrons. The normalized spacial score (nSPS) is 10.9. The molecule has 1 aromatic carbocycles. The van der Waals surface area contributed by atoms with E-state index in [1.165, 1.54) is 0 Å². The number of benzene rings is 1. The van der Waals surface area contributed by atoms with E-state index in [2.05, 4.69) is 4.90 Å². The minimum absolute atomic E-state index is 0.141. The predicted molar refractivity (Wildman–Crippen MR) is 62.3 cm³/mol. The molecule has 4 nitrogen and oxygen atoms in total. The average molecular weight is 225 g/mol. The van der Waals surface area contributed by atoms with Crippen molar-refractivity contribution in [1.29, 1.82) is 0 Å². The van der Waals surface area contributed by atoms with Gasteiger partial charge in [-0.2, -0.15) is 0 Å². The third-order valence-electron chi connectivity index (χ3n) is 2.37. The number of nitrogens with zero attached hydrogens (tertiary/aromatic N) is 1. The van der Waals surface area contributed by atoms with Crippen LogP contribution >= 0.6 is 0 Å². The van der Waals surface area contributed by atoms with Gasteiger partial charge in [-0.25, -0.2) is 0 Å². The highest BCUT2D eigenvalue weighted by Crippen LogP contribution is 2.11. The monoisotopic (exact) mass is 225 g/mol. The summed E-state index contributed by atoms with van der Waals surface area (Å²) in [5, 5.41) is 18.1. The molecule has 1 aromatic rings. The molecule has 0 aromatic heterocycles. The summed E-state index contributed by atoms with van der Waals surface area (Å²) in [7, 11) is 1.66. The van der Waals surface area contributed by atoms with Crippen LogP contribution in [0, 0.1) is 0 Å². The summed E-state index contributed by atoms with van der Waals surface area (Å²) >= 11 is 0. The van der Waals surface area contributed by atoms with Crippen molar-refractivity contribution >= 4 is 0 Å². The maximum absolute atomic E-state index is 9.16. The van der Waals surface area contributed by atoms with Gasteiger partial charge in [0.1, 0.15) is 5.75 Å². The van der Waals surface area contributed by atoms with Gasteiger partial charge < -0.3 is 14.9 Å². The summed E-state index contributed by atoms with van der Waals surface area (Å²) in [5.41, 5.74) is 1.11. The molecule has 0 bridgehead atoms. The number of methoxy groups -OCH3 is 1. The molecule has 0 spiro atoms.